The minimum absolute atomic E-state index is 0. The van der Waals surface area contributed by atoms with Gasteiger partial charge in [-0.05, 0) is 19.3 Å². The van der Waals surface area contributed by atoms with E-state index in [1.807, 2.05) is 6.92 Å². The van der Waals surface area contributed by atoms with E-state index in [0.29, 0.717) is 12.5 Å². The zero-order valence-corrected chi connectivity index (χ0v) is 11.3. The molecule has 0 amide bonds. The third-order valence-corrected chi connectivity index (χ3v) is 2.75. The molecule has 1 aliphatic rings. The van der Waals surface area contributed by atoms with Crippen molar-refractivity contribution in [3.05, 3.63) is 0 Å². The monoisotopic (exact) mass is 208 g/mol. The van der Waals surface area contributed by atoms with Gasteiger partial charge in [0.2, 0.25) is 0 Å². The van der Waals surface area contributed by atoms with Gasteiger partial charge in [-0.1, -0.05) is 26.2 Å². The Hall–Kier alpha value is 0.430. The van der Waals surface area contributed by atoms with E-state index in [1.54, 1.807) is 0 Å². The smallest absolute Gasteiger partial charge is 0.320 e. The molecule has 4 heteroatoms. The number of carboxylic acid groups (broad SMARTS) is 1. The molecule has 1 fully saturated rings. The molecule has 1 unspecified atom stereocenters. The molecule has 1 aliphatic carbocycles. The van der Waals surface area contributed by atoms with Gasteiger partial charge in [-0.3, -0.25) is 4.79 Å². The van der Waals surface area contributed by atoms with Crippen molar-refractivity contribution in [3.8, 4) is 0 Å². The average molecular weight is 208 g/mol. The second-order valence-electron chi connectivity index (χ2n) is 3.80. The SMILES string of the molecule is CCC(NC1CCCCC1)C(=O)O.[Na]. The van der Waals surface area contributed by atoms with Crippen molar-refractivity contribution in [2.24, 2.45) is 0 Å². The maximum Gasteiger partial charge on any atom is 0.320 e. The Labute approximate surface area is 108 Å². The normalized spacial score (nSPS) is 19.8. The van der Waals surface area contributed by atoms with Crippen LogP contribution in [0.5, 0.6) is 0 Å². The van der Waals surface area contributed by atoms with Gasteiger partial charge >= 0.3 is 5.97 Å². The van der Waals surface area contributed by atoms with Gasteiger partial charge in [0.05, 0.1) is 0 Å². The van der Waals surface area contributed by atoms with E-state index in [9.17, 15) is 4.79 Å². The summed E-state index contributed by atoms with van der Waals surface area (Å²) in [6, 6.07) is 0.0953. The fraction of sp³-hybridized carbons (Fsp3) is 0.900. The molecule has 2 N–H and O–H groups in total. The Kier molecular flexibility index (Phi) is 7.92. The van der Waals surface area contributed by atoms with Crippen LogP contribution in [0.3, 0.4) is 0 Å². The fourth-order valence-electron chi connectivity index (χ4n) is 1.92. The van der Waals surface area contributed by atoms with Crippen LogP contribution in [-0.2, 0) is 4.79 Å². The van der Waals surface area contributed by atoms with Crippen molar-refractivity contribution >= 4 is 35.5 Å². The van der Waals surface area contributed by atoms with Crippen LogP contribution in [0.25, 0.3) is 0 Å². The van der Waals surface area contributed by atoms with Crippen molar-refractivity contribution in [1.82, 2.24) is 5.32 Å². The molecule has 1 radical (unpaired) electrons. The summed E-state index contributed by atoms with van der Waals surface area (Å²) >= 11 is 0. The molecule has 0 saturated heterocycles. The van der Waals surface area contributed by atoms with Crippen LogP contribution in [0.1, 0.15) is 45.4 Å². The summed E-state index contributed by atoms with van der Waals surface area (Å²) in [6.45, 7) is 1.91. The summed E-state index contributed by atoms with van der Waals surface area (Å²) in [7, 11) is 0. The average Bonchev–Trinajstić information content (AvgIpc) is 2.15. The van der Waals surface area contributed by atoms with Gasteiger partial charge < -0.3 is 10.4 Å². The van der Waals surface area contributed by atoms with Gasteiger partial charge in [0.25, 0.3) is 0 Å². The molecule has 0 spiro atoms. The molecule has 1 rings (SSSR count). The van der Waals surface area contributed by atoms with Crippen molar-refractivity contribution in [2.45, 2.75) is 57.5 Å². The minimum atomic E-state index is -0.715. The Balaban J connectivity index is 0.00000169. The van der Waals surface area contributed by atoms with Crippen LogP contribution in [0, 0.1) is 0 Å². The standard InChI is InChI=1S/C10H19NO2.Na/c1-2-9(10(12)13)11-8-6-4-3-5-7-8;/h8-9,11H,2-7H2,1H3,(H,12,13);. The molecule has 1 saturated carbocycles. The zero-order valence-electron chi connectivity index (χ0n) is 9.25. The van der Waals surface area contributed by atoms with Crippen LogP contribution >= 0.6 is 0 Å². The zero-order chi connectivity index (χ0) is 9.68. The summed E-state index contributed by atoms with van der Waals surface area (Å²) in [5.74, 6) is -0.715. The van der Waals surface area contributed by atoms with Crippen LogP contribution in [0.4, 0.5) is 0 Å². The quantitative estimate of drug-likeness (QED) is 0.686. The predicted octanol–water partition coefficient (Wildman–Crippen LogP) is 1.39. The Morgan fingerprint density at radius 3 is 2.43 bits per heavy atom. The van der Waals surface area contributed by atoms with Crippen molar-refractivity contribution in [3.63, 3.8) is 0 Å². The maximum absolute atomic E-state index is 10.7. The van der Waals surface area contributed by atoms with Gasteiger partial charge in [-0.15, -0.1) is 0 Å². The second kappa shape index (κ2) is 7.69. The minimum Gasteiger partial charge on any atom is -0.480 e. The Morgan fingerprint density at radius 2 is 2.00 bits per heavy atom. The van der Waals surface area contributed by atoms with Crippen LogP contribution in [-0.4, -0.2) is 52.7 Å². The number of hydrogen-bond acceptors (Lipinski definition) is 2. The molecular formula is C10H19NNaO2. The Bertz CT molecular complexity index is 170. The van der Waals surface area contributed by atoms with E-state index in [2.05, 4.69) is 5.32 Å². The number of carbonyl (C=O) groups is 1. The molecule has 77 valence electrons. The largest absolute Gasteiger partial charge is 0.480 e. The molecule has 0 aromatic rings. The number of rotatable bonds is 4. The van der Waals surface area contributed by atoms with Gasteiger partial charge in [0.15, 0.2) is 0 Å². The molecule has 0 aromatic carbocycles. The van der Waals surface area contributed by atoms with E-state index in [0.717, 1.165) is 12.8 Å². The topological polar surface area (TPSA) is 49.3 Å². The predicted molar refractivity (Wildman–Crippen MR) is 57.5 cm³/mol. The van der Waals surface area contributed by atoms with Gasteiger partial charge in [-0.2, -0.15) is 0 Å². The second-order valence-corrected chi connectivity index (χ2v) is 3.80. The maximum atomic E-state index is 10.7. The molecule has 14 heavy (non-hydrogen) atoms. The molecule has 0 heterocycles. The molecule has 0 aliphatic heterocycles. The van der Waals surface area contributed by atoms with Crippen molar-refractivity contribution in [1.29, 1.82) is 0 Å². The van der Waals surface area contributed by atoms with Gasteiger partial charge in [-0.25, -0.2) is 0 Å². The number of carboxylic acids is 1. The number of hydrogen-bond donors (Lipinski definition) is 2. The third kappa shape index (κ3) is 4.78. The van der Waals surface area contributed by atoms with E-state index in [4.69, 9.17) is 5.11 Å². The first-order valence-electron chi connectivity index (χ1n) is 5.23. The number of nitrogens with one attached hydrogen (secondary N) is 1. The molecule has 0 aromatic heterocycles. The first kappa shape index (κ1) is 14.4. The summed E-state index contributed by atoms with van der Waals surface area (Å²) < 4.78 is 0. The van der Waals surface area contributed by atoms with E-state index in [1.165, 1.54) is 19.3 Å². The summed E-state index contributed by atoms with van der Waals surface area (Å²) in [4.78, 5) is 10.7. The molecular weight excluding hydrogens is 189 g/mol. The summed E-state index contributed by atoms with van der Waals surface area (Å²) in [5.41, 5.74) is 0. The number of aliphatic carboxylic acids is 1. The van der Waals surface area contributed by atoms with Gasteiger partial charge in [0.1, 0.15) is 6.04 Å². The molecule has 0 bridgehead atoms. The van der Waals surface area contributed by atoms with Crippen LogP contribution in [0.15, 0.2) is 0 Å². The Morgan fingerprint density at radius 1 is 1.43 bits per heavy atom. The molecule has 3 nitrogen and oxygen atoms in total. The summed E-state index contributed by atoms with van der Waals surface area (Å²) in [6.07, 6.45) is 6.75. The van der Waals surface area contributed by atoms with Crippen molar-refractivity contribution in [2.75, 3.05) is 0 Å². The van der Waals surface area contributed by atoms with Crippen LogP contribution in [0.2, 0.25) is 0 Å². The summed E-state index contributed by atoms with van der Waals surface area (Å²) in [5, 5.41) is 12.0. The van der Waals surface area contributed by atoms with Crippen LogP contribution < -0.4 is 5.32 Å². The van der Waals surface area contributed by atoms with Crippen molar-refractivity contribution < 1.29 is 9.90 Å². The fourth-order valence-corrected chi connectivity index (χ4v) is 1.92. The third-order valence-electron chi connectivity index (χ3n) is 2.75. The van der Waals surface area contributed by atoms with E-state index in [-0.39, 0.29) is 35.6 Å². The van der Waals surface area contributed by atoms with Gasteiger partial charge in [0, 0.05) is 35.6 Å². The van der Waals surface area contributed by atoms with E-state index < -0.39 is 5.97 Å². The molecule has 1 atom stereocenters. The first-order valence-corrected chi connectivity index (χ1v) is 5.23. The van der Waals surface area contributed by atoms with E-state index >= 15 is 0 Å². The first-order chi connectivity index (χ1) is 6.24.